The van der Waals surface area contributed by atoms with E-state index in [9.17, 15) is 9.90 Å². The van der Waals surface area contributed by atoms with E-state index in [1.165, 1.54) is 0 Å². The zero-order chi connectivity index (χ0) is 12.5. The number of hydrogen-bond acceptors (Lipinski definition) is 2. The van der Waals surface area contributed by atoms with E-state index in [2.05, 4.69) is 13.8 Å². The lowest BCUT2D eigenvalue weighted by Gasteiger charge is -2.28. The Labute approximate surface area is 98.7 Å². The molecule has 16 heavy (non-hydrogen) atoms. The van der Waals surface area contributed by atoms with Crippen molar-refractivity contribution in [3.63, 3.8) is 0 Å². The van der Waals surface area contributed by atoms with E-state index in [4.69, 9.17) is 0 Å². The van der Waals surface area contributed by atoms with Gasteiger partial charge in [-0.15, -0.1) is 0 Å². The Kier molecular flexibility index (Phi) is 3.95. The van der Waals surface area contributed by atoms with Gasteiger partial charge in [0.05, 0.1) is 11.5 Å². The van der Waals surface area contributed by atoms with Gasteiger partial charge in [0.1, 0.15) is 0 Å². The maximum atomic E-state index is 12.3. The molecule has 92 valence electrons. The summed E-state index contributed by atoms with van der Waals surface area (Å²) in [7, 11) is 0. The lowest BCUT2D eigenvalue weighted by atomic mass is 9.78. The summed E-state index contributed by atoms with van der Waals surface area (Å²) >= 11 is 0. The van der Waals surface area contributed by atoms with Crippen LogP contribution in [0.2, 0.25) is 0 Å². The number of hydrogen-bond donors (Lipinski definition) is 1. The third kappa shape index (κ3) is 1.73. The van der Waals surface area contributed by atoms with E-state index in [1.54, 1.807) is 0 Å². The molecule has 1 N–H and O–H groups in total. The maximum absolute atomic E-state index is 12.3. The van der Waals surface area contributed by atoms with Gasteiger partial charge < -0.3 is 5.11 Å². The fourth-order valence-electron chi connectivity index (χ4n) is 2.61. The Balaban J connectivity index is 3.21. The second-order valence-corrected chi connectivity index (χ2v) is 5.10. The molecule has 3 unspecified atom stereocenters. The average molecular weight is 224 g/mol. The number of carbonyl (C=O) groups excluding carboxylic acids is 1. The Morgan fingerprint density at radius 3 is 2.31 bits per heavy atom. The quantitative estimate of drug-likeness (QED) is 0.796. The molecule has 1 rings (SSSR count). The fraction of sp³-hybridized carbons (Fsp3) is 0.786. The van der Waals surface area contributed by atoms with Crippen molar-refractivity contribution in [1.29, 1.82) is 0 Å². The van der Waals surface area contributed by atoms with Crippen LogP contribution in [0.25, 0.3) is 0 Å². The van der Waals surface area contributed by atoms with E-state index >= 15 is 0 Å². The van der Waals surface area contributed by atoms with Crippen LogP contribution in [0.4, 0.5) is 0 Å². The maximum Gasteiger partial charge on any atom is 0.167 e. The first kappa shape index (κ1) is 13.4. The van der Waals surface area contributed by atoms with Crippen molar-refractivity contribution in [3.05, 3.63) is 11.1 Å². The molecule has 1 aliphatic rings. The number of ketones is 1. The fourth-order valence-corrected chi connectivity index (χ4v) is 2.61. The van der Waals surface area contributed by atoms with Crippen molar-refractivity contribution in [3.8, 4) is 0 Å². The van der Waals surface area contributed by atoms with Crippen LogP contribution in [-0.2, 0) is 4.79 Å². The van der Waals surface area contributed by atoms with Gasteiger partial charge >= 0.3 is 0 Å². The highest BCUT2D eigenvalue weighted by atomic mass is 16.3. The summed E-state index contributed by atoms with van der Waals surface area (Å²) in [5.74, 6) is 0.475. The highest BCUT2D eigenvalue weighted by Crippen LogP contribution is 2.45. The van der Waals surface area contributed by atoms with Crippen molar-refractivity contribution in [1.82, 2.24) is 0 Å². The molecule has 0 radical (unpaired) electrons. The molecule has 0 aromatic heterocycles. The molecule has 0 amide bonds. The topological polar surface area (TPSA) is 37.3 Å². The third-order valence-corrected chi connectivity index (χ3v) is 4.27. The van der Waals surface area contributed by atoms with Gasteiger partial charge in [-0.25, -0.2) is 0 Å². The normalized spacial score (nSPS) is 32.4. The van der Waals surface area contributed by atoms with Gasteiger partial charge in [0.2, 0.25) is 0 Å². The zero-order valence-corrected chi connectivity index (χ0v) is 11.1. The second kappa shape index (κ2) is 4.70. The van der Waals surface area contributed by atoms with Crippen LogP contribution in [0.1, 0.15) is 53.9 Å². The van der Waals surface area contributed by atoms with Gasteiger partial charge in [0.25, 0.3) is 0 Å². The SMILES string of the molecule is CCC1=C(C(C)CC)C(O)C(C)(CC)C1=O. The zero-order valence-electron chi connectivity index (χ0n) is 11.1. The van der Waals surface area contributed by atoms with Crippen molar-refractivity contribution in [2.75, 3.05) is 0 Å². The van der Waals surface area contributed by atoms with Gasteiger partial charge in [0.15, 0.2) is 5.78 Å². The molecule has 0 aromatic rings. The smallest absolute Gasteiger partial charge is 0.167 e. The minimum atomic E-state index is -0.579. The number of Topliss-reactive ketones (excluding diaryl/α,β-unsaturated/α-hetero) is 1. The largest absolute Gasteiger partial charge is 0.388 e. The van der Waals surface area contributed by atoms with E-state index < -0.39 is 11.5 Å². The summed E-state index contributed by atoms with van der Waals surface area (Å²) in [5.41, 5.74) is 1.30. The van der Waals surface area contributed by atoms with Crippen LogP contribution in [0, 0.1) is 11.3 Å². The average Bonchev–Trinajstić information content (AvgIpc) is 2.49. The van der Waals surface area contributed by atoms with Gasteiger partial charge in [-0.3, -0.25) is 4.79 Å². The van der Waals surface area contributed by atoms with Crippen LogP contribution in [0.3, 0.4) is 0 Å². The highest BCUT2D eigenvalue weighted by molar-refractivity contribution is 6.04. The summed E-state index contributed by atoms with van der Waals surface area (Å²) in [6.07, 6.45) is 1.85. The van der Waals surface area contributed by atoms with Crippen LogP contribution < -0.4 is 0 Å². The summed E-state index contributed by atoms with van der Waals surface area (Å²) in [5, 5.41) is 10.4. The van der Waals surface area contributed by atoms with Crippen LogP contribution in [0.5, 0.6) is 0 Å². The number of aliphatic hydroxyl groups excluding tert-OH is 1. The lowest BCUT2D eigenvalue weighted by molar-refractivity contribution is -0.126. The molecule has 1 aliphatic carbocycles. The van der Waals surface area contributed by atoms with Gasteiger partial charge in [-0.05, 0) is 43.3 Å². The minimum absolute atomic E-state index is 0.167. The van der Waals surface area contributed by atoms with Crippen molar-refractivity contribution < 1.29 is 9.90 Å². The first-order chi connectivity index (χ1) is 7.43. The highest BCUT2D eigenvalue weighted by Gasteiger charge is 2.49. The van der Waals surface area contributed by atoms with E-state index in [0.29, 0.717) is 12.3 Å². The van der Waals surface area contributed by atoms with E-state index in [0.717, 1.165) is 24.0 Å². The molecular weight excluding hydrogens is 200 g/mol. The minimum Gasteiger partial charge on any atom is -0.388 e. The van der Waals surface area contributed by atoms with Gasteiger partial charge in [-0.2, -0.15) is 0 Å². The van der Waals surface area contributed by atoms with E-state index in [-0.39, 0.29) is 5.78 Å². The molecule has 2 heteroatoms. The molecule has 3 atom stereocenters. The Bertz CT molecular complexity index is 317. The monoisotopic (exact) mass is 224 g/mol. The Morgan fingerprint density at radius 1 is 1.38 bits per heavy atom. The third-order valence-electron chi connectivity index (χ3n) is 4.27. The summed E-state index contributed by atoms with van der Waals surface area (Å²) in [6, 6.07) is 0. The molecule has 0 spiro atoms. The van der Waals surface area contributed by atoms with Crippen LogP contribution >= 0.6 is 0 Å². The molecule has 2 nitrogen and oxygen atoms in total. The molecule has 0 aromatic carbocycles. The van der Waals surface area contributed by atoms with Gasteiger partial charge in [0, 0.05) is 0 Å². The molecule has 0 fully saturated rings. The van der Waals surface area contributed by atoms with Crippen LogP contribution in [0.15, 0.2) is 11.1 Å². The molecule has 0 heterocycles. The van der Waals surface area contributed by atoms with E-state index in [1.807, 2.05) is 20.8 Å². The van der Waals surface area contributed by atoms with Crippen molar-refractivity contribution in [2.45, 2.75) is 60.0 Å². The lowest BCUT2D eigenvalue weighted by Crippen LogP contribution is -2.35. The number of allylic oxidation sites excluding steroid dienone is 1. The number of aliphatic hydroxyl groups is 1. The van der Waals surface area contributed by atoms with Crippen molar-refractivity contribution in [2.24, 2.45) is 11.3 Å². The predicted molar refractivity (Wildman–Crippen MR) is 66.2 cm³/mol. The molecule has 0 bridgehead atoms. The van der Waals surface area contributed by atoms with Crippen molar-refractivity contribution >= 4 is 5.78 Å². The Morgan fingerprint density at radius 2 is 1.94 bits per heavy atom. The predicted octanol–water partition coefficient (Wildman–Crippen LogP) is 3.10. The van der Waals surface area contributed by atoms with Crippen LogP contribution in [-0.4, -0.2) is 17.0 Å². The number of rotatable bonds is 4. The molecule has 0 saturated carbocycles. The molecule has 0 aliphatic heterocycles. The first-order valence-corrected chi connectivity index (χ1v) is 6.39. The summed E-state index contributed by atoms with van der Waals surface area (Å²) in [6.45, 7) is 10.1. The second-order valence-electron chi connectivity index (χ2n) is 5.10. The molecular formula is C14H24O2. The first-order valence-electron chi connectivity index (χ1n) is 6.39. The van der Waals surface area contributed by atoms with Gasteiger partial charge in [-0.1, -0.05) is 27.7 Å². The molecule has 0 saturated heterocycles. The Hall–Kier alpha value is -0.630. The standard InChI is InChI=1S/C14H24O2/c1-6-9(4)11-10(7-2)12(15)14(5,8-3)13(11)16/h9,13,16H,6-8H2,1-5H3. The summed E-state index contributed by atoms with van der Waals surface area (Å²) in [4.78, 5) is 12.3. The summed E-state index contributed by atoms with van der Waals surface area (Å²) < 4.78 is 0. The number of carbonyl (C=O) groups is 1.